The van der Waals surface area contributed by atoms with Crippen LogP contribution in [0.3, 0.4) is 0 Å². The lowest BCUT2D eigenvalue weighted by molar-refractivity contribution is -0.606. The zero-order valence-corrected chi connectivity index (χ0v) is 9.18. The Labute approximate surface area is 90.5 Å². The number of nitrogens with two attached hydrogens (primary N) is 1. The van der Waals surface area contributed by atoms with Gasteiger partial charge in [-0.25, -0.2) is 4.99 Å². The van der Waals surface area contributed by atoms with Crippen molar-refractivity contribution in [1.29, 1.82) is 0 Å². The zero-order valence-electron chi connectivity index (χ0n) is 7.67. The first-order valence-electron chi connectivity index (χ1n) is 3.79. The fourth-order valence-corrected chi connectivity index (χ4v) is 1.43. The standard InChI is InChI=1S/C7H12N4.2ClH/c1-10-5-9-7-6(10)3-8-4-11(7)2;;/h3,8H,4-5H2,1-2H3;2*1H/p-1. The van der Waals surface area contributed by atoms with Crippen LogP contribution in [-0.2, 0) is 0 Å². The van der Waals surface area contributed by atoms with Crippen LogP contribution in [0, 0.1) is 0 Å². The summed E-state index contributed by atoms with van der Waals surface area (Å²) in [5, 5.41) is 2.16. The number of amidine groups is 1. The van der Waals surface area contributed by atoms with Crippen LogP contribution >= 0.6 is 0 Å². The Hall–Kier alpha value is -0.450. The lowest BCUT2D eigenvalue weighted by Gasteiger charge is -2.23. The molecule has 0 atom stereocenters. The predicted molar refractivity (Wildman–Crippen MR) is 42.7 cm³/mol. The summed E-state index contributed by atoms with van der Waals surface area (Å²) in [6.45, 7) is 1.79. The van der Waals surface area contributed by atoms with Crippen molar-refractivity contribution < 1.29 is 30.1 Å². The SMILES string of the molecule is CN1CN=C2C1=C[NH2+]CN2C.[Cl-].[Cl-]. The van der Waals surface area contributed by atoms with Gasteiger partial charge in [0.15, 0.2) is 12.5 Å². The number of hydrogen-bond donors (Lipinski definition) is 1. The first-order chi connectivity index (χ1) is 5.29. The van der Waals surface area contributed by atoms with Gasteiger partial charge in [-0.15, -0.1) is 0 Å². The van der Waals surface area contributed by atoms with Crippen molar-refractivity contribution in [1.82, 2.24) is 9.80 Å². The molecule has 6 heteroatoms. The number of nitrogens with zero attached hydrogens (tertiary/aromatic N) is 3. The molecule has 2 N–H and O–H groups in total. The molecule has 0 aliphatic carbocycles. The Morgan fingerprint density at radius 1 is 1.31 bits per heavy atom. The van der Waals surface area contributed by atoms with Gasteiger partial charge in [-0.3, -0.25) is 0 Å². The average molecular weight is 224 g/mol. The summed E-state index contributed by atoms with van der Waals surface area (Å²) in [5.41, 5.74) is 1.25. The second-order valence-corrected chi connectivity index (χ2v) is 2.99. The summed E-state index contributed by atoms with van der Waals surface area (Å²) in [4.78, 5) is 8.72. The van der Waals surface area contributed by atoms with E-state index in [4.69, 9.17) is 0 Å². The monoisotopic (exact) mass is 223 g/mol. The van der Waals surface area contributed by atoms with Gasteiger partial charge in [0, 0.05) is 14.1 Å². The van der Waals surface area contributed by atoms with E-state index in [1.165, 1.54) is 5.70 Å². The van der Waals surface area contributed by atoms with E-state index in [2.05, 4.69) is 40.4 Å². The molecule has 0 aromatic heterocycles. The minimum atomic E-state index is 0. The van der Waals surface area contributed by atoms with Gasteiger partial charge >= 0.3 is 0 Å². The zero-order chi connectivity index (χ0) is 7.84. The summed E-state index contributed by atoms with van der Waals surface area (Å²) < 4.78 is 0. The molecule has 0 spiro atoms. The molecule has 0 amide bonds. The number of fused-ring (bicyclic) bond motifs is 1. The summed E-state index contributed by atoms with van der Waals surface area (Å²) in [6, 6.07) is 0. The molecule has 76 valence electrons. The third kappa shape index (κ3) is 2.07. The first kappa shape index (κ1) is 12.6. The van der Waals surface area contributed by atoms with E-state index < -0.39 is 0 Å². The van der Waals surface area contributed by atoms with Crippen molar-refractivity contribution in [3.63, 3.8) is 0 Å². The molecule has 2 aliphatic heterocycles. The summed E-state index contributed by atoms with van der Waals surface area (Å²) in [7, 11) is 4.14. The van der Waals surface area contributed by atoms with Crippen molar-refractivity contribution in [2.24, 2.45) is 4.99 Å². The minimum absolute atomic E-state index is 0. The number of hydrogen-bond acceptors (Lipinski definition) is 3. The highest BCUT2D eigenvalue weighted by Gasteiger charge is 2.26. The third-order valence-electron chi connectivity index (χ3n) is 2.09. The van der Waals surface area contributed by atoms with Crippen LogP contribution in [0.2, 0.25) is 0 Å². The average Bonchev–Trinajstić information content (AvgIpc) is 2.35. The summed E-state index contributed by atoms with van der Waals surface area (Å²) >= 11 is 0. The molecule has 13 heavy (non-hydrogen) atoms. The molecule has 0 radical (unpaired) electrons. The van der Waals surface area contributed by atoms with Gasteiger partial charge in [0.05, 0.1) is 0 Å². The second-order valence-electron chi connectivity index (χ2n) is 2.99. The van der Waals surface area contributed by atoms with Gasteiger partial charge in [0.25, 0.3) is 0 Å². The Morgan fingerprint density at radius 2 is 2.00 bits per heavy atom. The molecule has 4 nitrogen and oxygen atoms in total. The first-order valence-corrected chi connectivity index (χ1v) is 3.79. The Bertz CT molecular complexity index is 239. The molecule has 0 bridgehead atoms. The van der Waals surface area contributed by atoms with E-state index in [1.54, 1.807) is 0 Å². The highest BCUT2D eigenvalue weighted by Crippen LogP contribution is 2.13. The maximum absolute atomic E-state index is 4.40. The lowest BCUT2D eigenvalue weighted by atomic mass is 10.3. The van der Waals surface area contributed by atoms with E-state index in [1.807, 2.05) is 0 Å². The summed E-state index contributed by atoms with van der Waals surface area (Å²) in [6.07, 6.45) is 2.14. The number of halogens is 2. The molecular formula is C7H13Cl2N4-. The van der Waals surface area contributed by atoms with E-state index in [0.29, 0.717) is 0 Å². The predicted octanol–water partition coefficient (Wildman–Crippen LogP) is -7.40. The van der Waals surface area contributed by atoms with Gasteiger partial charge in [0.2, 0.25) is 0 Å². The van der Waals surface area contributed by atoms with Crippen LogP contribution in [0.1, 0.15) is 0 Å². The second kappa shape index (κ2) is 4.69. The van der Waals surface area contributed by atoms with E-state index in [-0.39, 0.29) is 24.8 Å². The quantitative estimate of drug-likeness (QED) is 0.443. The van der Waals surface area contributed by atoms with Crippen LogP contribution in [0.15, 0.2) is 16.9 Å². The van der Waals surface area contributed by atoms with E-state index >= 15 is 0 Å². The molecule has 2 heterocycles. The fraction of sp³-hybridized carbons (Fsp3) is 0.571. The van der Waals surface area contributed by atoms with Gasteiger partial charge < -0.3 is 39.9 Å². The summed E-state index contributed by atoms with van der Waals surface area (Å²) in [5.74, 6) is 1.13. The third-order valence-corrected chi connectivity index (χ3v) is 2.09. The molecular weight excluding hydrogens is 211 g/mol. The Kier molecular flexibility index (Phi) is 4.53. The van der Waals surface area contributed by atoms with Crippen molar-refractivity contribution in [2.45, 2.75) is 0 Å². The smallest absolute Gasteiger partial charge is 0.159 e. The lowest BCUT2D eigenvalue weighted by Crippen LogP contribution is -3.00. The van der Waals surface area contributed by atoms with E-state index in [0.717, 1.165) is 19.2 Å². The number of quaternary nitrogens is 1. The maximum atomic E-state index is 4.40. The highest BCUT2D eigenvalue weighted by atomic mass is 35.5. The van der Waals surface area contributed by atoms with Crippen LogP contribution < -0.4 is 30.1 Å². The van der Waals surface area contributed by atoms with Crippen LogP contribution in [0.5, 0.6) is 0 Å². The van der Waals surface area contributed by atoms with Gasteiger partial charge in [0.1, 0.15) is 18.6 Å². The van der Waals surface area contributed by atoms with Gasteiger partial charge in [-0.2, -0.15) is 0 Å². The molecule has 0 aromatic carbocycles. The van der Waals surface area contributed by atoms with Crippen molar-refractivity contribution >= 4 is 5.84 Å². The van der Waals surface area contributed by atoms with Crippen LogP contribution in [-0.4, -0.2) is 43.1 Å². The van der Waals surface area contributed by atoms with Crippen molar-refractivity contribution in [2.75, 3.05) is 27.4 Å². The van der Waals surface area contributed by atoms with Crippen molar-refractivity contribution in [3.8, 4) is 0 Å². The highest BCUT2D eigenvalue weighted by molar-refractivity contribution is 5.98. The maximum Gasteiger partial charge on any atom is 0.159 e. The number of aliphatic imine (C=N–C) groups is 1. The molecule has 0 aromatic rings. The molecule has 0 unspecified atom stereocenters. The minimum Gasteiger partial charge on any atom is -1.00 e. The molecule has 0 saturated heterocycles. The largest absolute Gasteiger partial charge is 1.00 e. The number of rotatable bonds is 0. The molecule has 0 saturated carbocycles. The van der Waals surface area contributed by atoms with Gasteiger partial charge in [-0.1, -0.05) is 0 Å². The topological polar surface area (TPSA) is 35.5 Å². The number of likely N-dealkylation sites (N-methyl/N-ethyl adjacent to an activating group) is 2. The normalized spacial score (nSPS) is 19.5. The molecule has 0 fully saturated rings. The Balaban J connectivity index is 0.000000720. The van der Waals surface area contributed by atoms with Crippen LogP contribution in [0.25, 0.3) is 0 Å². The van der Waals surface area contributed by atoms with E-state index in [9.17, 15) is 0 Å². The van der Waals surface area contributed by atoms with Gasteiger partial charge in [-0.05, 0) is 0 Å². The Morgan fingerprint density at radius 3 is 2.62 bits per heavy atom. The molecule has 2 aliphatic rings. The van der Waals surface area contributed by atoms with Crippen molar-refractivity contribution in [3.05, 3.63) is 11.9 Å². The fourth-order valence-electron chi connectivity index (χ4n) is 1.43. The van der Waals surface area contributed by atoms with Crippen LogP contribution in [0.4, 0.5) is 0 Å². The molecule has 2 rings (SSSR count).